The average molecular weight is 325 g/mol. The highest BCUT2D eigenvalue weighted by Gasteiger charge is 2.24. The highest BCUT2D eigenvalue weighted by atomic mass is 32.1. The minimum Gasteiger partial charge on any atom is -0.335 e. The van der Waals surface area contributed by atoms with Crippen LogP contribution in [0.1, 0.15) is 35.2 Å². The molecule has 118 valence electrons. The van der Waals surface area contributed by atoms with E-state index in [4.69, 9.17) is 10.8 Å². The van der Waals surface area contributed by atoms with Gasteiger partial charge in [-0.1, -0.05) is 37.3 Å². The van der Waals surface area contributed by atoms with E-state index in [0.29, 0.717) is 18.2 Å². The largest absolute Gasteiger partial charge is 0.335 e. The number of fused-ring (bicyclic) bond motifs is 3. The van der Waals surface area contributed by atoms with Gasteiger partial charge in [0.25, 0.3) is 5.56 Å². The Labute approximate surface area is 138 Å². The maximum absolute atomic E-state index is 12.8. The first-order valence-corrected chi connectivity index (χ1v) is 8.80. The third kappa shape index (κ3) is 2.45. The van der Waals surface area contributed by atoms with Crippen LogP contribution in [0.3, 0.4) is 0 Å². The van der Waals surface area contributed by atoms with E-state index < -0.39 is 0 Å². The third-order valence-corrected chi connectivity index (χ3v) is 5.82. The van der Waals surface area contributed by atoms with Crippen LogP contribution in [0.4, 0.5) is 0 Å². The van der Waals surface area contributed by atoms with Gasteiger partial charge in [-0.15, -0.1) is 11.3 Å². The zero-order chi connectivity index (χ0) is 16.0. The van der Waals surface area contributed by atoms with Crippen LogP contribution in [0, 0.1) is 5.92 Å². The molecule has 0 saturated carbocycles. The van der Waals surface area contributed by atoms with E-state index in [1.807, 2.05) is 30.3 Å². The van der Waals surface area contributed by atoms with Gasteiger partial charge in [0, 0.05) is 11.3 Å². The summed E-state index contributed by atoms with van der Waals surface area (Å²) >= 11 is 1.67. The summed E-state index contributed by atoms with van der Waals surface area (Å²) in [5.41, 5.74) is 2.19. The molecule has 4 nitrogen and oxygen atoms in total. The molecule has 1 aliphatic carbocycles. The number of aromatic nitrogens is 2. The second kappa shape index (κ2) is 5.49. The smallest absolute Gasteiger partial charge is 0.280 e. The van der Waals surface area contributed by atoms with Crippen molar-refractivity contribution < 1.29 is 0 Å². The predicted octanol–water partition coefficient (Wildman–Crippen LogP) is 2.89. The van der Waals surface area contributed by atoms with E-state index in [0.717, 1.165) is 28.6 Å². The van der Waals surface area contributed by atoms with Crippen molar-refractivity contribution in [2.24, 2.45) is 5.92 Å². The monoisotopic (exact) mass is 325 g/mol. The molecule has 1 aromatic carbocycles. The van der Waals surface area contributed by atoms with Gasteiger partial charge in [0.1, 0.15) is 10.7 Å². The molecule has 2 heterocycles. The van der Waals surface area contributed by atoms with Crippen LogP contribution in [0.25, 0.3) is 10.2 Å². The van der Waals surface area contributed by atoms with Crippen molar-refractivity contribution in [2.45, 2.75) is 32.6 Å². The molecule has 2 N–H and O–H groups in total. The molecule has 0 spiro atoms. The summed E-state index contributed by atoms with van der Waals surface area (Å²) in [5.74, 6) is 7.32. The lowest BCUT2D eigenvalue weighted by atomic mass is 9.89. The molecule has 0 saturated heterocycles. The highest BCUT2D eigenvalue weighted by molar-refractivity contribution is 7.18. The van der Waals surface area contributed by atoms with Crippen molar-refractivity contribution >= 4 is 21.6 Å². The summed E-state index contributed by atoms with van der Waals surface area (Å²) in [6, 6.07) is 10.00. The number of nitrogen functional groups attached to an aromatic ring is 1. The van der Waals surface area contributed by atoms with Gasteiger partial charge in [-0.05, 0) is 36.3 Å². The summed E-state index contributed by atoms with van der Waals surface area (Å²) in [7, 11) is 0. The number of hydrogen-bond acceptors (Lipinski definition) is 4. The Morgan fingerprint density at radius 3 is 2.91 bits per heavy atom. The molecule has 5 heteroatoms. The first-order valence-electron chi connectivity index (χ1n) is 7.98. The fraction of sp³-hybridized carbons (Fsp3) is 0.333. The Kier molecular flexibility index (Phi) is 3.45. The molecule has 0 fully saturated rings. The quantitative estimate of drug-likeness (QED) is 0.737. The molecule has 4 rings (SSSR count). The molecule has 0 unspecified atom stereocenters. The lowest BCUT2D eigenvalue weighted by Crippen LogP contribution is -2.32. The molecule has 0 bridgehead atoms. The van der Waals surface area contributed by atoms with Crippen molar-refractivity contribution in [3.63, 3.8) is 0 Å². The van der Waals surface area contributed by atoms with Gasteiger partial charge < -0.3 is 5.84 Å². The van der Waals surface area contributed by atoms with Crippen molar-refractivity contribution in [2.75, 3.05) is 5.84 Å². The molecule has 1 atom stereocenters. The normalized spacial score (nSPS) is 17.3. The Hall–Kier alpha value is -2.14. The van der Waals surface area contributed by atoms with Crippen molar-refractivity contribution in [3.8, 4) is 0 Å². The maximum Gasteiger partial charge on any atom is 0.280 e. The fourth-order valence-electron chi connectivity index (χ4n) is 3.35. The van der Waals surface area contributed by atoms with Gasteiger partial charge in [-0.3, -0.25) is 4.79 Å². The summed E-state index contributed by atoms with van der Waals surface area (Å²) < 4.78 is 1.24. The number of benzene rings is 1. The Morgan fingerprint density at radius 2 is 2.13 bits per heavy atom. The first kappa shape index (κ1) is 14.5. The standard InChI is InChI=1S/C18H19N3OS/c1-11-7-8-14-13(9-11)16-17(23-14)20-15(21(19)18(16)22)10-12-5-3-2-4-6-12/h2-6,11H,7-10,19H2,1H3/t11-/m0/s1. The van der Waals surface area contributed by atoms with Crippen LogP contribution in [0.2, 0.25) is 0 Å². The number of aryl methyl sites for hydroxylation is 1. The zero-order valence-corrected chi connectivity index (χ0v) is 13.9. The molecular weight excluding hydrogens is 306 g/mol. The van der Waals surface area contributed by atoms with Crippen LogP contribution < -0.4 is 11.4 Å². The number of hydrogen-bond donors (Lipinski definition) is 1. The SMILES string of the molecule is C[C@H]1CCc2sc3nc(Cc4ccccc4)n(N)c(=O)c3c2C1. The van der Waals surface area contributed by atoms with Gasteiger partial charge in [-0.2, -0.15) is 0 Å². The maximum atomic E-state index is 12.8. The van der Waals surface area contributed by atoms with Crippen LogP contribution in [0.5, 0.6) is 0 Å². The molecule has 23 heavy (non-hydrogen) atoms. The number of rotatable bonds is 2. The number of thiophene rings is 1. The van der Waals surface area contributed by atoms with E-state index in [-0.39, 0.29) is 5.56 Å². The predicted molar refractivity (Wildman–Crippen MR) is 94.5 cm³/mol. The minimum atomic E-state index is -0.104. The van der Waals surface area contributed by atoms with Crippen LogP contribution >= 0.6 is 11.3 Å². The van der Waals surface area contributed by atoms with Gasteiger partial charge in [0.15, 0.2) is 0 Å². The van der Waals surface area contributed by atoms with Crippen LogP contribution in [-0.4, -0.2) is 9.66 Å². The zero-order valence-electron chi connectivity index (χ0n) is 13.1. The molecule has 0 amide bonds. The van der Waals surface area contributed by atoms with Crippen molar-refractivity contribution in [1.82, 2.24) is 9.66 Å². The lowest BCUT2D eigenvalue weighted by Gasteiger charge is -2.17. The fourth-order valence-corrected chi connectivity index (χ4v) is 4.58. The summed E-state index contributed by atoms with van der Waals surface area (Å²) in [5, 5.41) is 0.746. The highest BCUT2D eigenvalue weighted by Crippen LogP contribution is 2.35. The van der Waals surface area contributed by atoms with Gasteiger partial charge in [0.2, 0.25) is 0 Å². The first-order chi connectivity index (χ1) is 11.1. The molecule has 0 radical (unpaired) electrons. The second-order valence-corrected chi connectivity index (χ2v) is 7.48. The topological polar surface area (TPSA) is 60.9 Å². The van der Waals surface area contributed by atoms with Crippen LogP contribution in [0.15, 0.2) is 35.1 Å². The Bertz CT molecular complexity index is 927. The summed E-state index contributed by atoms with van der Waals surface area (Å²) in [6.07, 6.45) is 3.77. The Morgan fingerprint density at radius 1 is 1.35 bits per heavy atom. The van der Waals surface area contributed by atoms with Crippen molar-refractivity contribution in [3.05, 3.63) is 62.5 Å². The number of nitrogens with zero attached hydrogens (tertiary/aromatic N) is 2. The lowest BCUT2D eigenvalue weighted by molar-refractivity contribution is 0.508. The molecule has 3 aromatic rings. The molecule has 0 aliphatic heterocycles. The van der Waals surface area contributed by atoms with E-state index in [1.165, 1.54) is 21.5 Å². The van der Waals surface area contributed by atoms with Gasteiger partial charge in [0.05, 0.1) is 5.39 Å². The van der Waals surface area contributed by atoms with E-state index in [2.05, 4.69) is 6.92 Å². The van der Waals surface area contributed by atoms with Gasteiger partial charge >= 0.3 is 0 Å². The molecular formula is C18H19N3OS. The number of nitrogens with two attached hydrogens (primary N) is 1. The molecule has 1 aliphatic rings. The average Bonchev–Trinajstić information content (AvgIpc) is 2.91. The van der Waals surface area contributed by atoms with Gasteiger partial charge in [-0.25, -0.2) is 9.66 Å². The minimum absolute atomic E-state index is 0.104. The van der Waals surface area contributed by atoms with E-state index in [1.54, 1.807) is 11.3 Å². The Balaban J connectivity index is 1.86. The third-order valence-electron chi connectivity index (χ3n) is 4.64. The van der Waals surface area contributed by atoms with Crippen LogP contribution in [-0.2, 0) is 19.3 Å². The summed E-state index contributed by atoms with van der Waals surface area (Å²) in [4.78, 5) is 19.7. The van der Waals surface area contributed by atoms with Crippen molar-refractivity contribution in [1.29, 1.82) is 0 Å². The second-order valence-electron chi connectivity index (χ2n) is 6.40. The summed E-state index contributed by atoms with van der Waals surface area (Å²) in [6.45, 7) is 2.24. The molecule has 2 aromatic heterocycles. The van der Waals surface area contributed by atoms with E-state index in [9.17, 15) is 4.79 Å². The van der Waals surface area contributed by atoms with E-state index >= 15 is 0 Å².